The Morgan fingerprint density at radius 1 is 1.50 bits per heavy atom. The van der Waals surface area contributed by atoms with Gasteiger partial charge in [-0.15, -0.1) is 0 Å². The summed E-state index contributed by atoms with van der Waals surface area (Å²) < 4.78 is 0. The second-order valence-corrected chi connectivity index (χ2v) is 4.55. The number of pyridine rings is 1. The summed E-state index contributed by atoms with van der Waals surface area (Å²) in [6.45, 7) is 4.35. The third-order valence-corrected chi connectivity index (χ3v) is 3.31. The number of piperidine rings is 1. The lowest BCUT2D eigenvalue weighted by atomic mass is 10.0. The lowest BCUT2D eigenvalue weighted by Crippen LogP contribution is -2.38. The Balaban J connectivity index is 2.23. The van der Waals surface area contributed by atoms with Gasteiger partial charge in [-0.05, 0) is 39.3 Å². The minimum atomic E-state index is 0.624. The van der Waals surface area contributed by atoms with Gasteiger partial charge in [0.25, 0.3) is 0 Å². The number of aromatic nitrogens is 1. The van der Waals surface area contributed by atoms with E-state index < -0.39 is 0 Å². The third kappa shape index (κ3) is 2.35. The Morgan fingerprint density at radius 3 is 3.12 bits per heavy atom. The molecule has 0 spiro atoms. The van der Waals surface area contributed by atoms with Gasteiger partial charge in [0.05, 0.1) is 0 Å². The predicted octanol–water partition coefficient (Wildman–Crippen LogP) is 2.18. The Bertz CT molecular complexity index is 338. The molecule has 1 fully saturated rings. The van der Waals surface area contributed by atoms with Gasteiger partial charge in [0.15, 0.2) is 0 Å². The number of nitrogens with one attached hydrogen (secondary N) is 1. The van der Waals surface area contributed by atoms with Crippen LogP contribution in [0.3, 0.4) is 0 Å². The fourth-order valence-electron chi connectivity index (χ4n) is 2.43. The Morgan fingerprint density at radius 2 is 2.38 bits per heavy atom. The zero-order valence-electron chi connectivity index (χ0n) is 10.2. The molecule has 0 bridgehead atoms. The minimum Gasteiger partial charge on any atom is -0.354 e. The molecule has 0 aliphatic carbocycles. The summed E-state index contributed by atoms with van der Waals surface area (Å²) in [5.74, 6) is 1.17. The van der Waals surface area contributed by atoms with Gasteiger partial charge in [0, 0.05) is 30.9 Å². The van der Waals surface area contributed by atoms with Crippen molar-refractivity contribution in [3.8, 4) is 0 Å². The van der Waals surface area contributed by atoms with Gasteiger partial charge >= 0.3 is 0 Å². The van der Waals surface area contributed by atoms with E-state index >= 15 is 0 Å². The van der Waals surface area contributed by atoms with Crippen molar-refractivity contribution in [1.29, 1.82) is 0 Å². The van der Waals surface area contributed by atoms with E-state index in [4.69, 9.17) is 0 Å². The van der Waals surface area contributed by atoms with Crippen LogP contribution >= 0.6 is 0 Å². The average molecular weight is 219 g/mol. The van der Waals surface area contributed by atoms with Crippen molar-refractivity contribution < 1.29 is 0 Å². The molecule has 1 aromatic rings. The predicted molar refractivity (Wildman–Crippen MR) is 67.7 cm³/mol. The highest BCUT2D eigenvalue weighted by atomic mass is 15.2. The molecule has 1 aliphatic rings. The maximum atomic E-state index is 4.56. The summed E-state index contributed by atoms with van der Waals surface area (Å²) in [6.07, 6.45) is 5.83. The van der Waals surface area contributed by atoms with Gasteiger partial charge in [-0.1, -0.05) is 6.07 Å². The number of rotatable bonds is 3. The largest absolute Gasteiger partial charge is 0.354 e. The zero-order valence-corrected chi connectivity index (χ0v) is 10.2. The summed E-state index contributed by atoms with van der Waals surface area (Å²) >= 11 is 0. The van der Waals surface area contributed by atoms with Crippen molar-refractivity contribution >= 4 is 5.82 Å². The molecule has 1 atom stereocenters. The molecular weight excluding hydrogens is 198 g/mol. The molecule has 3 heteroatoms. The zero-order chi connectivity index (χ0) is 11.4. The van der Waals surface area contributed by atoms with Crippen molar-refractivity contribution in [1.82, 2.24) is 10.3 Å². The highest BCUT2D eigenvalue weighted by molar-refractivity contribution is 5.47. The van der Waals surface area contributed by atoms with Gasteiger partial charge < -0.3 is 10.2 Å². The standard InChI is InChI=1S/C13H21N3/c1-11-6-3-4-9-16(11)13-12(10-14-2)7-5-8-15-13/h5,7-8,11,14H,3-4,6,9-10H2,1-2H3. The Hall–Kier alpha value is -1.09. The van der Waals surface area contributed by atoms with E-state index in [-0.39, 0.29) is 0 Å². The second kappa shape index (κ2) is 5.30. The van der Waals surface area contributed by atoms with E-state index in [1.807, 2.05) is 19.3 Å². The maximum absolute atomic E-state index is 4.56. The molecule has 1 N–H and O–H groups in total. The Labute approximate surface area is 97.9 Å². The van der Waals surface area contributed by atoms with Crippen LogP contribution < -0.4 is 10.2 Å². The molecule has 1 unspecified atom stereocenters. The lowest BCUT2D eigenvalue weighted by Gasteiger charge is -2.35. The molecule has 88 valence electrons. The summed E-state index contributed by atoms with van der Waals surface area (Å²) in [5.41, 5.74) is 1.30. The van der Waals surface area contributed by atoms with Crippen molar-refractivity contribution in [2.45, 2.75) is 38.8 Å². The van der Waals surface area contributed by atoms with Crippen LogP contribution in [0, 0.1) is 0 Å². The summed E-state index contributed by atoms with van der Waals surface area (Å²) in [4.78, 5) is 7.01. The fourth-order valence-corrected chi connectivity index (χ4v) is 2.43. The molecule has 16 heavy (non-hydrogen) atoms. The third-order valence-electron chi connectivity index (χ3n) is 3.31. The highest BCUT2D eigenvalue weighted by Gasteiger charge is 2.21. The molecule has 0 aromatic carbocycles. The normalized spacial score (nSPS) is 21.1. The molecular formula is C13H21N3. The van der Waals surface area contributed by atoms with Crippen molar-refractivity contribution in [2.75, 3.05) is 18.5 Å². The SMILES string of the molecule is CNCc1cccnc1N1CCCCC1C. The first-order valence-electron chi connectivity index (χ1n) is 6.18. The van der Waals surface area contributed by atoms with E-state index in [9.17, 15) is 0 Å². The number of anilines is 1. The summed E-state index contributed by atoms with van der Waals surface area (Å²) in [6, 6.07) is 4.81. The van der Waals surface area contributed by atoms with Crippen LogP contribution in [0.5, 0.6) is 0 Å². The van der Waals surface area contributed by atoms with Crippen molar-refractivity contribution in [2.24, 2.45) is 0 Å². The van der Waals surface area contributed by atoms with Gasteiger partial charge in [-0.2, -0.15) is 0 Å². The van der Waals surface area contributed by atoms with Crippen LogP contribution in [0.15, 0.2) is 18.3 Å². The second-order valence-electron chi connectivity index (χ2n) is 4.55. The van der Waals surface area contributed by atoms with Crippen molar-refractivity contribution in [3.05, 3.63) is 23.9 Å². The van der Waals surface area contributed by atoms with Crippen LogP contribution in [0.25, 0.3) is 0 Å². The van der Waals surface area contributed by atoms with Gasteiger partial charge in [-0.25, -0.2) is 4.98 Å². The molecule has 1 aromatic heterocycles. The fraction of sp³-hybridized carbons (Fsp3) is 0.615. The smallest absolute Gasteiger partial charge is 0.133 e. The first-order chi connectivity index (χ1) is 7.83. The molecule has 3 nitrogen and oxygen atoms in total. The van der Waals surface area contributed by atoms with E-state index in [2.05, 4.69) is 28.2 Å². The molecule has 1 saturated heterocycles. The average Bonchev–Trinajstić information content (AvgIpc) is 2.31. The number of nitrogens with zero attached hydrogens (tertiary/aromatic N) is 2. The minimum absolute atomic E-state index is 0.624. The molecule has 2 rings (SSSR count). The number of hydrogen-bond donors (Lipinski definition) is 1. The van der Waals surface area contributed by atoms with E-state index in [1.165, 1.54) is 30.6 Å². The van der Waals surface area contributed by atoms with E-state index in [0.29, 0.717) is 6.04 Å². The topological polar surface area (TPSA) is 28.2 Å². The van der Waals surface area contributed by atoms with E-state index in [1.54, 1.807) is 0 Å². The Kier molecular flexibility index (Phi) is 3.78. The van der Waals surface area contributed by atoms with Crippen LogP contribution in [0.2, 0.25) is 0 Å². The van der Waals surface area contributed by atoms with Crippen LogP contribution in [0.4, 0.5) is 5.82 Å². The lowest BCUT2D eigenvalue weighted by molar-refractivity contribution is 0.479. The quantitative estimate of drug-likeness (QED) is 0.844. The molecule has 2 heterocycles. The monoisotopic (exact) mass is 219 g/mol. The first kappa shape index (κ1) is 11.4. The first-order valence-corrected chi connectivity index (χ1v) is 6.18. The van der Waals surface area contributed by atoms with Crippen LogP contribution in [0.1, 0.15) is 31.7 Å². The molecule has 0 saturated carbocycles. The molecule has 0 amide bonds. The number of hydrogen-bond acceptors (Lipinski definition) is 3. The van der Waals surface area contributed by atoms with Gasteiger partial charge in [0.1, 0.15) is 5.82 Å². The molecule has 1 aliphatic heterocycles. The summed E-state index contributed by atoms with van der Waals surface area (Å²) in [7, 11) is 1.98. The van der Waals surface area contributed by atoms with Crippen LogP contribution in [-0.2, 0) is 6.54 Å². The highest BCUT2D eigenvalue weighted by Crippen LogP contribution is 2.25. The summed E-state index contributed by atoms with van der Waals surface area (Å²) in [5, 5.41) is 3.21. The van der Waals surface area contributed by atoms with Crippen molar-refractivity contribution in [3.63, 3.8) is 0 Å². The molecule has 0 radical (unpaired) electrons. The van der Waals surface area contributed by atoms with Gasteiger partial charge in [0.2, 0.25) is 0 Å². The van der Waals surface area contributed by atoms with E-state index in [0.717, 1.165) is 13.1 Å². The van der Waals surface area contributed by atoms with Crippen LogP contribution in [-0.4, -0.2) is 24.6 Å². The van der Waals surface area contributed by atoms with Gasteiger partial charge in [-0.3, -0.25) is 0 Å². The maximum Gasteiger partial charge on any atom is 0.133 e.